The van der Waals surface area contributed by atoms with Crippen LogP contribution in [0.5, 0.6) is 5.75 Å². The van der Waals surface area contributed by atoms with Crippen LogP contribution in [-0.2, 0) is 27.5 Å². The second-order valence-electron chi connectivity index (χ2n) is 7.26. The molecule has 0 saturated heterocycles. The van der Waals surface area contributed by atoms with Gasteiger partial charge in [0.05, 0.1) is 11.5 Å². The molecule has 1 aromatic rings. The normalized spacial score (nSPS) is 26.8. The number of esters is 1. The summed E-state index contributed by atoms with van der Waals surface area (Å²) in [5.41, 5.74) is 1.08. The smallest absolute Gasteiger partial charge is 0.306 e. The molecule has 3 aliphatic rings. The Balaban J connectivity index is 1.42. The summed E-state index contributed by atoms with van der Waals surface area (Å²) in [7, 11) is 0. The number of hydrogen-bond acceptors (Lipinski definition) is 6. The van der Waals surface area contributed by atoms with Gasteiger partial charge in [-0.3, -0.25) is 14.9 Å². The number of carbonyl (C=O) groups is 1. The van der Waals surface area contributed by atoms with Gasteiger partial charge in [0.2, 0.25) is 0 Å². The summed E-state index contributed by atoms with van der Waals surface area (Å²) in [6.45, 7) is 0.337. The molecule has 0 amide bonds. The van der Waals surface area contributed by atoms with Crippen molar-refractivity contribution >= 4 is 11.7 Å². The largest absolute Gasteiger partial charge is 0.467 e. The van der Waals surface area contributed by atoms with Gasteiger partial charge in [0.15, 0.2) is 6.79 Å². The maximum Gasteiger partial charge on any atom is 0.306 e. The van der Waals surface area contributed by atoms with E-state index in [1.54, 1.807) is 0 Å². The lowest BCUT2D eigenvalue weighted by Crippen LogP contribution is -2.18. The summed E-state index contributed by atoms with van der Waals surface area (Å²) in [6.07, 6.45) is 5.36. The molecule has 1 aliphatic heterocycles. The van der Waals surface area contributed by atoms with Gasteiger partial charge in [0.25, 0.3) is 5.69 Å². The summed E-state index contributed by atoms with van der Waals surface area (Å²) < 4.78 is 16.1. The molecule has 0 N–H and O–H groups in total. The number of rotatable bonds is 5. The molecule has 7 heteroatoms. The standard InChI is InChI=1S/C18H21NO6/c20-17(7-13-4-11-1-2-12(13)3-11)24-9-15-6-16(19(21)22)5-14-8-23-10-25-18(14)15/h5-6,11-13H,1-4,7-10H2/t11-,12-,13+/m1/s1. The van der Waals surface area contributed by atoms with Gasteiger partial charge in [-0.05, 0) is 37.0 Å². The third kappa shape index (κ3) is 3.33. The average molecular weight is 347 g/mol. The van der Waals surface area contributed by atoms with E-state index in [-0.39, 0.29) is 31.7 Å². The molecule has 4 rings (SSSR count). The number of non-ortho nitro benzene ring substituents is 1. The molecule has 2 bridgehead atoms. The molecule has 0 radical (unpaired) electrons. The number of nitro groups is 1. The Morgan fingerprint density at radius 1 is 1.32 bits per heavy atom. The third-order valence-corrected chi connectivity index (χ3v) is 5.68. The molecule has 25 heavy (non-hydrogen) atoms. The van der Waals surface area contributed by atoms with Crippen molar-refractivity contribution in [2.45, 2.75) is 45.3 Å². The van der Waals surface area contributed by atoms with Crippen LogP contribution >= 0.6 is 0 Å². The van der Waals surface area contributed by atoms with Crippen molar-refractivity contribution in [1.82, 2.24) is 0 Å². The quantitative estimate of drug-likeness (QED) is 0.461. The first-order chi connectivity index (χ1) is 12.1. The number of fused-ring (bicyclic) bond motifs is 3. The highest BCUT2D eigenvalue weighted by Gasteiger charge is 2.40. The van der Waals surface area contributed by atoms with Gasteiger partial charge in [-0.2, -0.15) is 0 Å². The van der Waals surface area contributed by atoms with Crippen LogP contribution in [0.3, 0.4) is 0 Å². The predicted octanol–water partition coefficient (Wildman–Crippen LogP) is 3.33. The van der Waals surface area contributed by atoms with Gasteiger partial charge in [0.1, 0.15) is 12.4 Å². The Morgan fingerprint density at radius 3 is 2.92 bits per heavy atom. The van der Waals surface area contributed by atoms with E-state index in [0.29, 0.717) is 35.1 Å². The van der Waals surface area contributed by atoms with Crippen LogP contribution < -0.4 is 4.74 Å². The molecule has 0 aromatic heterocycles. The lowest BCUT2D eigenvalue weighted by molar-refractivity contribution is -0.385. The number of ether oxygens (including phenoxy) is 3. The number of nitrogens with zero attached hydrogens (tertiary/aromatic N) is 1. The molecule has 7 nitrogen and oxygen atoms in total. The molecule has 1 aromatic carbocycles. The van der Waals surface area contributed by atoms with Crippen molar-refractivity contribution in [3.8, 4) is 5.75 Å². The molecule has 134 valence electrons. The summed E-state index contributed by atoms with van der Waals surface area (Å²) in [4.78, 5) is 22.8. The lowest BCUT2D eigenvalue weighted by Gasteiger charge is -2.22. The van der Waals surface area contributed by atoms with Crippen LogP contribution in [-0.4, -0.2) is 17.7 Å². The number of carbonyl (C=O) groups excluding carboxylic acids is 1. The van der Waals surface area contributed by atoms with Crippen molar-refractivity contribution < 1.29 is 23.9 Å². The molecular formula is C18H21NO6. The molecule has 3 atom stereocenters. The van der Waals surface area contributed by atoms with Gasteiger partial charge in [0, 0.05) is 29.7 Å². The zero-order valence-electron chi connectivity index (χ0n) is 13.9. The van der Waals surface area contributed by atoms with E-state index in [2.05, 4.69) is 0 Å². The molecule has 2 aliphatic carbocycles. The van der Waals surface area contributed by atoms with Crippen LogP contribution in [0.15, 0.2) is 12.1 Å². The highest BCUT2D eigenvalue weighted by molar-refractivity contribution is 5.70. The average Bonchev–Trinajstić information content (AvgIpc) is 3.22. The molecular weight excluding hydrogens is 326 g/mol. The molecule has 1 heterocycles. The second kappa shape index (κ2) is 6.63. The monoisotopic (exact) mass is 347 g/mol. The van der Waals surface area contributed by atoms with E-state index in [1.807, 2.05) is 0 Å². The van der Waals surface area contributed by atoms with Crippen LogP contribution in [0.25, 0.3) is 0 Å². The summed E-state index contributed by atoms with van der Waals surface area (Å²) in [5.74, 6) is 2.20. The van der Waals surface area contributed by atoms with E-state index in [0.717, 1.165) is 12.3 Å². The van der Waals surface area contributed by atoms with E-state index in [4.69, 9.17) is 14.2 Å². The van der Waals surface area contributed by atoms with Crippen LogP contribution in [0.4, 0.5) is 5.69 Å². The van der Waals surface area contributed by atoms with Gasteiger partial charge in [-0.25, -0.2) is 0 Å². The van der Waals surface area contributed by atoms with E-state index >= 15 is 0 Å². The minimum absolute atomic E-state index is 0.0103. The number of hydrogen-bond donors (Lipinski definition) is 0. The minimum Gasteiger partial charge on any atom is -0.467 e. The molecule has 2 fully saturated rings. The summed E-state index contributed by atoms with van der Waals surface area (Å²) in [5, 5.41) is 11.1. The Hall–Kier alpha value is -2.15. The van der Waals surface area contributed by atoms with E-state index in [9.17, 15) is 14.9 Å². The van der Waals surface area contributed by atoms with Crippen molar-refractivity contribution in [2.24, 2.45) is 17.8 Å². The van der Waals surface area contributed by atoms with Crippen molar-refractivity contribution in [3.63, 3.8) is 0 Å². The van der Waals surface area contributed by atoms with Crippen LogP contribution in [0, 0.1) is 27.9 Å². The van der Waals surface area contributed by atoms with Crippen LogP contribution in [0.2, 0.25) is 0 Å². The second-order valence-corrected chi connectivity index (χ2v) is 7.26. The minimum atomic E-state index is -0.463. The SMILES string of the molecule is O=C(C[C@@H]1C[C@@H]2CC[C@@H]1C2)OCc1cc([N+](=O)[O-])cc2c1OCOC2. The van der Waals surface area contributed by atoms with Crippen LogP contribution in [0.1, 0.15) is 43.2 Å². The van der Waals surface area contributed by atoms with E-state index in [1.165, 1.54) is 31.4 Å². The van der Waals surface area contributed by atoms with Gasteiger partial charge < -0.3 is 14.2 Å². The molecule has 0 unspecified atom stereocenters. The molecule has 2 saturated carbocycles. The van der Waals surface area contributed by atoms with Gasteiger partial charge >= 0.3 is 5.97 Å². The topological polar surface area (TPSA) is 87.9 Å². The van der Waals surface area contributed by atoms with Gasteiger partial charge in [-0.1, -0.05) is 6.42 Å². The predicted molar refractivity (Wildman–Crippen MR) is 86.7 cm³/mol. The fourth-order valence-electron chi connectivity index (χ4n) is 4.55. The highest BCUT2D eigenvalue weighted by Crippen LogP contribution is 2.49. The first-order valence-corrected chi connectivity index (χ1v) is 8.76. The fraction of sp³-hybridized carbons (Fsp3) is 0.611. The lowest BCUT2D eigenvalue weighted by atomic mass is 9.86. The number of benzene rings is 1. The van der Waals surface area contributed by atoms with Gasteiger partial charge in [-0.15, -0.1) is 0 Å². The number of nitro benzene ring substituents is 1. The first kappa shape index (κ1) is 16.3. The zero-order chi connectivity index (χ0) is 17.4. The van der Waals surface area contributed by atoms with Crippen molar-refractivity contribution in [2.75, 3.05) is 6.79 Å². The Labute approximate surface area is 145 Å². The maximum absolute atomic E-state index is 12.2. The Morgan fingerprint density at radius 2 is 2.20 bits per heavy atom. The third-order valence-electron chi connectivity index (χ3n) is 5.68. The Kier molecular flexibility index (Phi) is 4.33. The fourth-order valence-corrected chi connectivity index (χ4v) is 4.55. The first-order valence-electron chi connectivity index (χ1n) is 8.76. The Bertz CT molecular complexity index is 703. The molecule has 0 spiro atoms. The summed E-state index contributed by atoms with van der Waals surface area (Å²) in [6, 6.07) is 2.85. The van der Waals surface area contributed by atoms with Crippen molar-refractivity contribution in [1.29, 1.82) is 0 Å². The maximum atomic E-state index is 12.2. The van der Waals surface area contributed by atoms with Crippen molar-refractivity contribution in [3.05, 3.63) is 33.4 Å². The highest BCUT2D eigenvalue weighted by atomic mass is 16.7. The zero-order valence-corrected chi connectivity index (χ0v) is 13.9. The summed E-state index contributed by atoms with van der Waals surface area (Å²) >= 11 is 0. The van der Waals surface area contributed by atoms with E-state index < -0.39 is 4.92 Å².